The van der Waals surface area contributed by atoms with E-state index in [1.165, 1.54) is 6.92 Å². The third-order valence-corrected chi connectivity index (χ3v) is 1.09. The molecule has 0 unspecified atom stereocenters. The normalized spacial score (nSPS) is 8.10. The maximum Gasteiger partial charge on any atom is 0.159 e. The van der Waals surface area contributed by atoms with E-state index in [0.29, 0.717) is 5.56 Å². The molecule has 1 rings (SSSR count). The Hall–Kier alpha value is -1.18. The second-order valence-electron chi connectivity index (χ2n) is 1.79. The fraction of sp³-hybridized carbons (Fsp3) is 0.250. The van der Waals surface area contributed by atoms with E-state index in [1.807, 2.05) is 0 Å². The monoisotopic (exact) mass is 137 g/mol. The van der Waals surface area contributed by atoms with Gasteiger partial charge in [-0.05, 0) is 19.1 Å². The fourth-order valence-corrected chi connectivity index (χ4v) is 0.587. The first-order valence-electron chi connectivity index (χ1n) is 2.71. The van der Waals surface area contributed by atoms with Crippen LogP contribution in [0.1, 0.15) is 24.7 Å². The summed E-state index contributed by atoms with van der Waals surface area (Å²) in [5.74, 6) is 0.0809. The predicted octanol–water partition coefficient (Wildman–Crippen LogP) is 1.92. The van der Waals surface area contributed by atoms with E-state index in [9.17, 15) is 4.79 Å². The van der Waals surface area contributed by atoms with E-state index in [4.69, 9.17) is 0 Å². The number of nitrogens with zero attached hydrogens (tertiary/aromatic N) is 1. The van der Waals surface area contributed by atoms with Crippen molar-refractivity contribution in [1.82, 2.24) is 4.98 Å². The SMILES string of the molecule is C.CC(=O)c1ccncc1. The molecule has 0 spiro atoms. The van der Waals surface area contributed by atoms with Crippen molar-refractivity contribution in [2.75, 3.05) is 0 Å². The maximum absolute atomic E-state index is 10.6. The first-order valence-corrected chi connectivity index (χ1v) is 2.71. The Bertz CT molecular complexity index is 206. The molecule has 0 aromatic carbocycles. The molecule has 1 heterocycles. The molecule has 0 aliphatic carbocycles. The van der Waals surface area contributed by atoms with E-state index in [0.717, 1.165) is 0 Å². The van der Waals surface area contributed by atoms with Gasteiger partial charge < -0.3 is 0 Å². The van der Waals surface area contributed by atoms with E-state index in [2.05, 4.69) is 4.98 Å². The van der Waals surface area contributed by atoms with Crippen LogP contribution in [0, 0.1) is 0 Å². The zero-order valence-electron chi connectivity index (χ0n) is 5.16. The van der Waals surface area contributed by atoms with Crippen molar-refractivity contribution < 1.29 is 4.79 Å². The molecule has 0 saturated heterocycles. The fourth-order valence-electron chi connectivity index (χ4n) is 0.587. The van der Waals surface area contributed by atoms with E-state index in [-0.39, 0.29) is 13.2 Å². The minimum atomic E-state index is 0. The topological polar surface area (TPSA) is 30.0 Å². The lowest BCUT2D eigenvalue weighted by atomic mass is 10.2. The second-order valence-corrected chi connectivity index (χ2v) is 1.79. The van der Waals surface area contributed by atoms with Gasteiger partial charge in [0.2, 0.25) is 0 Å². The molecule has 0 aliphatic heterocycles. The van der Waals surface area contributed by atoms with Gasteiger partial charge in [-0.2, -0.15) is 0 Å². The number of hydrogen-bond donors (Lipinski definition) is 0. The number of carbonyl (C=O) groups is 1. The molecular weight excluding hydrogens is 126 g/mol. The number of aromatic nitrogens is 1. The molecule has 54 valence electrons. The van der Waals surface area contributed by atoms with Crippen LogP contribution in [0.5, 0.6) is 0 Å². The Morgan fingerprint density at radius 2 is 1.90 bits per heavy atom. The summed E-state index contributed by atoms with van der Waals surface area (Å²) >= 11 is 0. The van der Waals surface area contributed by atoms with E-state index in [1.54, 1.807) is 24.5 Å². The third kappa shape index (κ3) is 1.97. The van der Waals surface area contributed by atoms with Crippen molar-refractivity contribution in [2.24, 2.45) is 0 Å². The molecule has 0 N–H and O–H groups in total. The van der Waals surface area contributed by atoms with Gasteiger partial charge in [0.05, 0.1) is 0 Å². The van der Waals surface area contributed by atoms with Crippen LogP contribution in [0.2, 0.25) is 0 Å². The summed E-state index contributed by atoms with van der Waals surface area (Å²) < 4.78 is 0. The average Bonchev–Trinajstić information content (AvgIpc) is 1.90. The zero-order valence-corrected chi connectivity index (χ0v) is 5.16. The Morgan fingerprint density at radius 1 is 1.40 bits per heavy atom. The number of ketones is 1. The van der Waals surface area contributed by atoms with Crippen molar-refractivity contribution in [2.45, 2.75) is 14.4 Å². The molecule has 2 heteroatoms. The number of carbonyl (C=O) groups excluding carboxylic acids is 1. The van der Waals surface area contributed by atoms with Crippen molar-refractivity contribution >= 4 is 5.78 Å². The van der Waals surface area contributed by atoms with Gasteiger partial charge in [0.15, 0.2) is 5.78 Å². The van der Waals surface area contributed by atoms with Crippen molar-refractivity contribution in [3.05, 3.63) is 30.1 Å². The number of pyridine rings is 1. The van der Waals surface area contributed by atoms with Crippen LogP contribution in [0.3, 0.4) is 0 Å². The van der Waals surface area contributed by atoms with Crippen LogP contribution < -0.4 is 0 Å². The van der Waals surface area contributed by atoms with Crippen LogP contribution in [0.15, 0.2) is 24.5 Å². The molecular formula is C8H11NO. The van der Waals surface area contributed by atoms with E-state index < -0.39 is 0 Å². The van der Waals surface area contributed by atoms with Gasteiger partial charge in [-0.3, -0.25) is 9.78 Å². The number of hydrogen-bond acceptors (Lipinski definition) is 2. The maximum atomic E-state index is 10.6. The smallest absolute Gasteiger partial charge is 0.159 e. The van der Waals surface area contributed by atoms with Gasteiger partial charge in [-0.25, -0.2) is 0 Å². The minimum Gasteiger partial charge on any atom is -0.295 e. The molecule has 1 aromatic rings. The summed E-state index contributed by atoms with van der Waals surface area (Å²) in [6.45, 7) is 1.54. The van der Waals surface area contributed by atoms with Crippen molar-refractivity contribution in [1.29, 1.82) is 0 Å². The Morgan fingerprint density at radius 3 is 2.20 bits per heavy atom. The molecule has 0 saturated carbocycles. The van der Waals surface area contributed by atoms with Gasteiger partial charge in [-0.1, -0.05) is 7.43 Å². The van der Waals surface area contributed by atoms with Crippen LogP contribution in [0.4, 0.5) is 0 Å². The molecule has 0 fully saturated rings. The standard InChI is InChI=1S/C7H7NO.CH4/c1-6(9)7-2-4-8-5-3-7;/h2-5H,1H3;1H4. The zero-order chi connectivity index (χ0) is 6.69. The highest BCUT2D eigenvalue weighted by atomic mass is 16.1. The van der Waals surface area contributed by atoms with Gasteiger partial charge in [0.25, 0.3) is 0 Å². The molecule has 0 aliphatic rings. The van der Waals surface area contributed by atoms with Crippen molar-refractivity contribution in [3.63, 3.8) is 0 Å². The summed E-state index contributed by atoms with van der Waals surface area (Å²) in [7, 11) is 0. The quantitative estimate of drug-likeness (QED) is 0.553. The second kappa shape index (κ2) is 3.77. The largest absolute Gasteiger partial charge is 0.295 e. The summed E-state index contributed by atoms with van der Waals surface area (Å²) in [6.07, 6.45) is 3.22. The number of Topliss-reactive ketones (excluding diaryl/α,β-unsaturated/α-hetero) is 1. The third-order valence-electron chi connectivity index (χ3n) is 1.09. The first-order chi connectivity index (χ1) is 4.30. The van der Waals surface area contributed by atoms with Gasteiger partial charge in [-0.15, -0.1) is 0 Å². The van der Waals surface area contributed by atoms with Crippen LogP contribution in [-0.4, -0.2) is 10.8 Å². The Kier molecular flexibility index (Phi) is 3.33. The van der Waals surface area contributed by atoms with Gasteiger partial charge >= 0.3 is 0 Å². The molecule has 0 bridgehead atoms. The highest BCUT2D eigenvalue weighted by molar-refractivity contribution is 5.93. The molecule has 0 atom stereocenters. The number of rotatable bonds is 1. The molecule has 2 nitrogen and oxygen atoms in total. The van der Waals surface area contributed by atoms with Gasteiger partial charge in [0, 0.05) is 18.0 Å². The Balaban J connectivity index is 0.000000810. The lowest BCUT2D eigenvalue weighted by Gasteiger charge is -1.88. The highest BCUT2D eigenvalue weighted by Gasteiger charge is 1.93. The summed E-state index contributed by atoms with van der Waals surface area (Å²) in [6, 6.07) is 3.39. The Labute approximate surface area is 60.9 Å². The minimum absolute atomic E-state index is 0. The van der Waals surface area contributed by atoms with E-state index >= 15 is 0 Å². The summed E-state index contributed by atoms with van der Waals surface area (Å²) in [4.78, 5) is 14.4. The average molecular weight is 137 g/mol. The molecule has 0 radical (unpaired) electrons. The lowest BCUT2D eigenvalue weighted by molar-refractivity contribution is 0.101. The van der Waals surface area contributed by atoms with Crippen LogP contribution >= 0.6 is 0 Å². The lowest BCUT2D eigenvalue weighted by Crippen LogP contribution is -1.89. The first kappa shape index (κ1) is 8.82. The molecule has 10 heavy (non-hydrogen) atoms. The summed E-state index contributed by atoms with van der Waals surface area (Å²) in [5, 5.41) is 0. The molecule has 0 amide bonds. The van der Waals surface area contributed by atoms with Crippen LogP contribution in [0.25, 0.3) is 0 Å². The molecule has 1 aromatic heterocycles. The predicted molar refractivity (Wildman–Crippen MR) is 41.0 cm³/mol. The summed E-state index contributed by atoms with van der Waals surface area (Å²) in [5.41, 5.74) is 0.713. The van der Waals surface area contributed by atoms with Crippen LogP contribution in [-0.2, 0) is 0 Å². The van der Waals surface area contributed by atoms with Gasteiger partial charge in [0.1, 0.15) is 0 Å². The van der Waals surface area contributed by atoms with Crippen molar-refractivity contribution in [3.8, 4) is 0 Å². The highest BCUT2D eigenvalue weighted by Crippen LogP contribution is 1.95.